The van der Waals surface area contributed by atoms with E-state index in [1.54, 1.807) is 0 Å². The molecule has 2 rings (SSSR count). The van der Waals surface area contributed by atoms with Gasteiger partial charge in [-0.3, -0.25) is 9.59 Å². The molecule has 5 nitrogen and oxygen atoms in total. The summed E-state index contributed by atoms with van der Waals surface area (Å²) in [6.07, 6.45) is 6.90. The molecule has 108 valence electrons. The van der Waals surface area contributed by atoms with Gasteiger partial charge < -0.3 is 16.0 Å². The van der Waals surface area contributed by atoms with Crippen LogP contribution < -0.4 is 11.1 Å². The van der Waals surface area contributed by atoms with E-state index in [0.29, 0.717) is 19.0 Å². The number of likely N-dealkylation sites (tertiary alicyclic amines) is 1. The van der Waals surface area contributed by atoms with Crippen LogP contribution in [0.5, 0.6) is 0 Å². The molecule has 0 aromatic heterocycles. The molecular formula is C14H25N3O2. The molecule has 0 saturated carbocycles. The van der Waals surface area contributed by atoms with Crippen molar-refractivity contribution in [3.05, 3.63) is 0 Å². The van der Waals surface area contributed by atoms with Crippen molar-refractivity contribution >= 4 is 11.8 Å². The highest BCUT2D eigenvalue weighted by Gasteiger charge is 2.27. The molecule has 0 aromatic rings. The van der Waals surface area contributed by atoms with Gasteiger partial charge in [0.05, 0.1) is 5.92 Å². The quantitative estimate of drug-likeness (QED) is 0.784. The smallest absolute Gasteiger partial charge is 0.222 e. The van der Waals surface area contributed by atoms with E-state index in [2.05, 4.69) is 5.32 Å². The third kappa shape index (κ3) is 4.20. The summed E-state index contributed by atoms with van der Waals surface area (Å²) in [5.74, 6) is -0.240. The van der Waals surface area contributed by atoms with Gasteiger partial charge in [-0.05, 0) is 38.6 Å². The molecule has 3 N–H and O–H groups in total. The predicted octanol–water partition coefficient (Wildman–Crippen LogP) is 0.633. The molecule has 2 heterocycles. The van der Waals surface area contributed by atoms with Crippen molar-refractivity contribution in [2.24, 2.45) is 11.7 Å². The van der Waals surface area contributed by atoms with E-state index in [-0.39, 0.29) is 17.7 Å². The molecule has 0 radical (unpaired) electrons. The van der Waals surface area contributed by atoms with Gasteiger partial charge in [-0.1, -0.05) is 6.42 Å². The second-order valence-electron chi connectivity index (χ2n) is 5.77. The van der Waals surface area contributed by atoms with Crippen LogP contribution in [0.3, 0.4) is 0 Å². The van der Waals surface area contributed by atoms with Crippen LogP contribution in [0, 0.1) is 5.92 Å². The van der Waals surface area contributed by atoms with Gasteiger partial charge in [0.1, 0.15) is 0 Å². The molecule has 2 saturated heterocycles. The van der Waals surface area contributed by atoms with E-state index >= 15 is 0 Å². The van der Waals surface area contributed by atoms with Crippen molar-refractivity contribution in [2.75, 3.05) is 19.6 Å². The van der Waals surface area contributed by atoms with Gasteiger partial charge in [-0.2, -0.15) is 0 Å². The summed E-state index contributed by atoms with van der Waals surface area (Å²) in [6, 6.07) is 0.495. The second-order valence-corrected chi connectivity index (χ2v) is 5.77. The first-order valence-electron chi connectivity index (χ1n) is 7.47. The number of carbonyl (C=O) groups is 2. The maximum absolute atomic E-state index is 12.2. The third-order valence-electron chi connectivity index (χ3n) is 4.30. The van der Waals surface area contributed by atoms with E-state index in [1.807, 2.05) is 4.90 Å². The lowest BCUT2D eigenvalue weighted by molar-refractivity contribution is -0.135. The Bertz CT molecular complexity index is 327. The zero-order valence-corrected chi connectivity index (χ0v) is 11.6. The number of nitrogens with zero attached hydrogens (tertiary/aromatic N) is 1. The minimum absolute atomic E-state index is 0.148. The number of hydrogen-bond donors (Lipinski definition) is 2. The van der Waals surface area contributed by atoms with Gasteiger partial charge in [0.2, 0.25) is 11.8 Å². The lowest BCUT2D eigenvalue weighted by Gasteiger charge is -2.32. The van der Waals surface area contributed by atoms with Gasteiger partial charge in [0, 0.05) is 25.6 Å². The fourth-order valence-electron chi connectivity index (χ4n) is 3.06. The number of nitrogens with two attached hydrogens (primary N) is 1. The number of primary amides is 1. The topological polar surface area (TPSA) is 75.4 Å². The van der Waals surface area contributed by atoms with Gasteiger partial charge in [0.25, 0.3) is 0 Å². The Kier molecular flexibility index (Phi) is 5.19. The Morgan fingerprint density at radius 2 is 2.05 bits per heavy atom. The molecule has 2 amide bonds. The second kappa shape index (κ2) is 6.89. The van der Waals surface area contributed by atoms with E-state index in [4.69, 9.17) is 5.73 Å². The predicted molar refractivity (Wildman–Crippen MR) is 73.4 cm³/mol. The summed E-state index contributed by atoms with van der Waals surface area (Å²) in [5.41, 5.74) is 5.33. The lowest BCUT2D eigenvalue weighted by Crippen LogP contribution is -2.44. The van der Waals surface area contributed by atoms with Crippen LogP contribution in [0.25, 0.3) is 0 Å². The van der Waals surface area contributed by atoms with Crippen LogP contribution in [-0.4, -0.2) is 42.4 Å². The molecule has 5 heteroatoms. The van der Waals surface area contributed by atoms with Crippen LogP contribution in [0.2, 0.25) is 0 Å². The van der Waals surface area contributed by atoms with Crippen LogP contribution in [0.1, 0.15) is 44.9 Å². The zero-order valence-electron chi connectivity index (χ0n) is 11.6. The van der Waals surface area contributed by atoms with E-state index < -0.39 is 0 Å². The van der Waals surface area contributed by atoms with Crippen LogP contribution in [0.4, 0.5) is 0 Å². The summed E-state index contributed by atoms with van der Waals surface area (Å²) in [4.78, 5) is 25.2. The molecule has 2 aliphatic rings. The average molecular weight is 267 g/mol. The van der Waals surface area contributed by atoms with Gasteiger partial charge in [0.15, 0.2) is 0 Å². The molecule has 19 heavy (non-hydrogen) atoms. The number of hydrogen-bond acceptors (Lipinski definition) is 3. The fourth-order valence-corrected chi connectivity index (χ4v) is 3.06. The van der Waals surface area contributed by atoms with Gasteiger partial charge in [-0.25, -0.2) is 0 Å². The summed E-state index contributed by atoms with van der Waals surface area (Å²) in [7, 11) is 0. The number of piperidine rings is 2. The molecule has 0 aromatic carbocycles. The van der Waals surface area contributed by atoms with Crippen molar-refractivity contribution in [1.29, 1.82) is 0 Å². The Hall–Kier alpha value is -1.10. The van der Waals surface area contributed by atoms with E-state index in [9.17, 15) is 9.59 Å². The highest BCUT2D eigenvalue weighted by Crippen LogP contribution is 2.18. The lowest BCUT2D eigenvalue weighted by atomic mass is 9.96. The Labute approximate surface area is 114 Å². The van der Waals surface area contributed by atoms with Crippen molar-refractivity contribution < 1.29 is 9.59 Å². The number of amides is 2. The number of rotatable bonds is 4. The fraction of sp³-hybridized carbons (Fsp3) is 0.857. The SMILES string of the molecule is NC(=O)C1CCCN(C(=O)CCC2CCCCN2)C1. The van der Waals surface area contributed by atoms with E-state index in [0.717, 1.165) is 32.4 Å². The first-order valence-corrected chi connectivity index (χ1v) is 7.47. The summed E-state index contributed by atoms with van der Waals surface area (Å²) in [6.45, 7) is 2.37. The Morgan fingerprint density at radius 3 is 2.74 bits per heavy atom. The van der Waals surface area contributed by atoms with Gasteiger partial charge >= 0.3 is 0 Å². The summed E-state index contributed by atoms with van der Waals surface area (Å²) >= 11 is 0. The van der Waals surface area contributed by atoms with Crippen molar-refractivity contribution in [2.45, 2.75) is 51.0 Å². The van der Waals surface area contributed by atoms with Crippen molar-refractivity contribution in [3.8, 4) is 0 Å². The molecule has 2 aliphatic heterocycles. The highest BCUT2D eigenvalue weighted by molar-refractivity contribution is 5.80. The first kappa shape index (κ1) is 14.3. The maximum atomic E-state index is 12.2. The third-order valence-corrected chi connectivity index (χ3v) is 4.30. The molecule has 0 bridgehead atoms. The molecule has 2 atom stereocenters. The molecule has 0 aliphatic carbocycles. The minimum Gasteiger partial charge on any atom is -0.369 e. The van der Waals surface area contributed by atoms with E-state index in [1.165, 1.54) is 19.3 Å². The van der Waals surface area contributed by atoms with Crippen molar-refractivity contribution in [1.82, 2.24) is 10.2 Å². The monoisotopic (exact) mass is 267 g/mol. The van der Waals surface area contributed by atoms with Crippen LogP contribution in [-0.2, 0) is 9.59 Å². The largest absolute Gasteiger partial charge is 0.369 e. The normalized spacial score (nSPS) is 28.1. The van der Waals surface area contributed by atoms with Gasteiger partial charge in [-0.15, -0.1) is 0 Å². The van der Waals surface area contributed by atoms with Crippen molar-refractivity contribution in [3.63, 3.8) is 0 Å². The standard InChI is InChI=1S/C14H25N3O2/c15-14(19)11-4-3-9-17(10-11)13(18)7-6-12-5-1-2-8-16-12/h11-12,16H,1-10H2,(H2,15,19). The summed E-state index contributed by atoms with van der Waals surface area (Å²) in [5, 5.41) is 3.46. The van der Waals surface area contributed by atoms with Crippen LogP contribution in [0.15, 0.2) is 0 Å². The summed E-state index contributed by atoms with van der Waals surface area (Å²) < 4.78 is 0. The molecule has 2 fully saturated rings. The molecule has 2 unspecified atom stereocenters. The zero-order chi connectivity index (χ0) is 13.7. The Morgan fingerprint density at radius 1 is 1.21 bits per heavy atom. The maximum Gasteiger partial charge on any atom is 0.222 e. The average Bonchev–Trinajstić information content (AvgIpc) is 2.46. The van der Waals surface area contributed by atoms with Crippen LogP contribution >= 0.6 is 0 Å². The molecular weight excluding hydrogens is 242 g/mol. The number of carbonyl (C=O) groups excluding carboxylic acids is 2. The highest BCUT2D eigenvalue weighted by atomic mass is 16.2. The minimum atomic E-state index is -0.272. The molecule has 0 spiro atoms. The number of nitrogens with one attached hydrogen (secondary N) is 1. The Balaban J connectivity index is 1.74. The first-order chi connectivity index (χ1) is 9.16.